The van der Waals surface area contributed by atoms with Gasteiger partial charge in [0.05, 0.1) is 36.0 Å². The van der Waals surface area contributed by atoms with E-state index in [9.17, 15) is 27.9 Å². The monoisotopic (exact) mass is 564 g/mol. The molecule has 1 saturated heterocycles. The van der Waals surface area contributed by atoms with Gasteiger partial charge >= 0.3 is 12.1 Å². The van der Waals surface area contributed by atoms with Gasteiger partial charge in [0.1, 0.15) is 0 Å². The van der Waals surface area contributed by atoms with E-state index in [4.69, 9.17) is 23.2 Å². The van der Waals surface area contributed by atoms with Crippen LogP contribution in [-0.2, 0) is 9.59 Å². The van der Waals surface area contributed by atoms with Crippen LogP contribution in [0.4, 0.5) is 13.2 Å². The highest BCUT2D eigenvalue weighted by atomic mass is 35.5. The Bertz CT molecular complexity index is 1300. The number of halogens is 5. The molecule has 4 rings (SSSR count). The molecule has 2 heterocycles. The first-order valence-electron chi connectivity index (χ1n) is 11.9. The van der Waals surface area contributed by atoms with Gasteiger partial charge in [-0.15, -0.1) is 0 Å². The molecule has 1 aromatic heterocycles. The van der Waals surface area contributed by atoms with E-state index in [1.165, 1.54) is 24.1 Å². The Kier molecular flexibility index (Phi) is 8.04. The lowest BCUT2D eigenvalue weighted by atomic mass is 9.67. The number of piperidine rings is 1. The molecule has 5 nitrogen and oxygen atoms in total. The predicted molar refractivity (Wildman–Crippen MR) is 138 cm³/mol. The van der Waals surface area contributed by atoms with Crippen molar-refractivity contribution in [1.82, 2.24) is 9.88 Å². The van der Waals surface area contributed by atoms with E-state index in [0.717, 1.165) is 0 Å². The highest BCUT2D eigenvalue weighted by molar-refractivity contribution is 6.30. The van der Waals surface area contributed by atoms with Gasteiger partial charge in [-0.3, -0.25) is 14.6 Å². The van der Waals surface area contributed by atoms with Crippen molar-refractivity contribution >= 4 is 35.1 Å². The maximum absolute atomic E-state index is 14.2. The Morgan fingerprint density at radius 3 is 2.37 bits per heavy atom. The number of carbonyl (C=O) groups is 2. The van der Waals surface area contributed by atoms with Gasteiger partial charge in [-0.2, -0.15) is 13.2 Å². The molecule has 3 aromatic rings. The van der Waals surface area contributed by atoms with Gasteiger partial charge in [0.15, 0.2) is 0 Å². The Morgan fingerprint density at radius 2 is 1.79 bits per heavy atom. The van der Waals surface area contributed by atoms with Gasteiger partial charge in [0.2, 0.25) is 5.91 Å². The van der Waals surface area contributed by atoms with Crippen LogP contribution < -0.4 is 0 Å². The molecule has 10 heteroatoms. The maximum atomic E-state index is 14.2. The highest BCUT2D eigenvalue weighted by Gasteiger charge is 2.54. The molecule has 1 aliphatic rings. The zero-order valence-electron chi connectivity index (χ0n) is 20.3. The second-order valence-corrected chi connectivity index (χ2v) is 10.7. The molecule has 0 aliphatic carbocycles. The van der Waals surface area contributed by atoms with Crippen LogP contribution in [0.1, 0.15) is 61.0 Å². The molecule has 0 saturated carbocycles. The van der Waals surface area contributed by atoms with E-state index >= 15 is 0 Å². The number of hydrogen-bond acceptors (Lipinski definition) is 3. The van der Waals surface area contributed by atoms with Crippen molar-refractivity contribution in [3.8, 4) is 0 Å². The fourth-order valence-electron chi connectivity index (χ4n) is 5.36. The number of alkyl halides is 3. The lowest BCUT2D eigenvalue weighted by molar-refractivity contribution is -0.174. The normalized spacial score (nSPS) is 22.8. The summed E-state index contributed by atoms with van der Waals surface area (Å²) in [5, 5.41) is 10.5. The minimum Gasteiger partial charge on any atom is -0.481 e. The molecule has 0 bridgehead atoms. The molecule has 2 unspecified atom stereocenters. The number of amides is 1. The van der Waals surface area contributed by atoms with Crippen LogP contribution in [0.3, 0.4) is 0 Å². The molecule has 1 N–H and O–H groups in total. The van der Waals surface area contributed by atoms with E-state index in [-0.39, 0.29) is 12.1 Å². The average molecular weight is 565 g/mol. The molecular weight excluding hydrogens is 540 g/mol. The smallest absolute Gasteiger partial charge is 0.391 e. The summed E-state index contributed by atoms with van der Waals surface area (Å²) >= 11 is 12.4. The third-order valence-electron chi connectivity index (χ3n) is 6.92. The third-order valence-corrected chi connectivity index (χ3v) is 7.41. The minimum atomic E-state index is -4.64. The zero-order valence-corrected chi connectivity index (χ0v) is 21.8. The average Bonchev–Trinajstić information content (AvgIpc) is 2.84. The quantitative estimate of drug-likeness (QED) is 0.320. The molecule has 200 valence electrons. The lowest BCUT2D eigenvalue weighted by Crippen LogP contribution is -2.54. The first-order chi connectivity index (χ1) is 17.9. The van der Waals surface area contributed by atoms with Gasteiger partial charge < -0.3 is 10.0 Å². The summed E-state index contributed by atoms with van der Waals surface area (Å²) in [5.41, 5.74) is -0.187. The summed E-state index contributed by atoms with van der Waals surface area (Å²) in [6, 6.07) is 15.6. The summed E-state index contributed by atoms with van der Waals surface area (Å²) in [6.07, 6.45) is -5.09. The van der Waals surface area contributed by atoms with Crippen molar-refractivity contribution in [2.45, 2.75) is 50.4 Å². The molecule has 38 heavy (non-hydrogen) atoms. The lowest BCUT2D eigenvalue weighted by Gasteiger charge is -2.51. The number of likely N-dealkylation sites (tertiary alicyclic amines) is 1. The van der Waals surface area contributed by atoms with E-state index in [0.29, 0.717) is 21.2 Å². The molecule has 1 amide bonds. The van der Waals surface area contributed by atoms with E-state index in [2.05, 4.69) is 4.98 Å². The molecule has 4 atom stereocenters. The predicted octanol–water partition coefficient (Wildman–Crippen LogP) is 7.62. The van der Waals surface area contributed by atoms with Crippen LogP contribution in [0.5, 0.6) is 0 Å². The number of carboxylic acid groups (broad SMARTS) is 1. The number of carbonyl (C=O) groups excluding carboxylic acids is 1. The van der Waals surface area contributed by atoms with Crippen molar-refractivity contribution in [1.29, 1.82) is 0 Å². The zero-order chi connectivity index (χ0) is 27.7. The number of carboxylic acids is 1. The van der Waals surface area contributed by atoms with Gasteiger partial charge in [-0.25, -0.2) is 0 Å². The number of rotatable bonds is 7. The number of benzene rings is 2. The van der Waals surface area contributed by atoms with Crippen molar-refractivity contribution in [3.63, 3.8) is 0 Å². The summed E-state index contributed by atoms with van der Waals surface area (Å²) in [4.78, 5) is 31.4. The largest absolute Gasteiger partial charge is 0.481 e. The Hall–Kier alpha value is -3.10. The fourth-order valence-corrected chi connectivity index (χ4v) is 5.69. The second-order valence-electron chi connectivity index (χ2n) is 9.80. The third kappa shape index (κ3) is 6.13. The molecule has 2 aromatic carbocycles. The minimum absolute atomic E-state index is 0.0570. The van der Waals surface area contributed by atoms with E-state index in [1.807, 2.05) is 0 Å². The molecular formula is C28H25Cl2F3N2O3. The fraction of sp³-hybridized carbons (Fsp3) is 0.321. The second kappa shape index (κ2) is 10.9. The number of pyridine rings is 1. The van der Waals surface area contributed by atoms with Crippen molar-refractivity contribution in [2.75, 3.05) is 0 Å². The Balaban J connectivity index is 1.99. The van der Waals surface area contributed by atoms with Crippen molar-refractivity contribution in [3.05, 3.63) is 99.8 Å². The summed E-state index contributed by atoms with van der Waals surface area (Å²) in [7, 11) is 0. The van der Waals surface area contributed by atoms with Crippen LogP contribution in [0.2, 0.25) is 10.0 Å². The summed E-state index contributed by atoms with van der Waals surface area (Å²) < 4.78 is 42.1. The van der Waals surface area contributed by atoms with Crippen LogP contribution in [-0.4, -0.2) is 33.0 Å². The molecule has 0 spiro atoms. The van der Waals surface area contributed by atoms with Gasteiger partial charge in [-0.1, -0.05) is 60.5 Å². The number of aliphatic carboxylic acids is 1. The molecule has 0 radical (unpaired) electrons. The van der Waals surface area contributed by atoms with Crippen LogP contribution in [0, 0.1) is 5.41 Å². The topological polar surface area (TPSA) is 70.5 Å². The molecule has 1 aliphatic heterocycles. The Morgan fingerprint density at radius 1 is 1.08 bits per heavy atom. The number of hydrogen-bond donors (Lipinski definition) is 1. The van der Waals surface area contributed by atoms with E-state index < -0.39 is 54.3 Å². The maximum Gasteiger partial charge on any atom is 0.391 e. The summed E-state index contributed by atoms with van der Waals surface area (Å²) in [5.74, 6) is -2.48. The highest BCUT2D eigenvalue weighted by Crippen LogP contribution is 2.54. The standard InChI is InChI=1S/C28H25Cl2F3N2O3/c1-27(16-24(36)37)14-21(18-5-4-6-20(30)13-18)25(17-8-10-19(29)11-9-17)35(26(27)38)23(15-28(31,32)33)22-7-2-3-12-34-22/h2-13,21,23,25H,14-16H2,1H3,(H,36,37)/t21-,23?,25-,27?/m1/s1. The van der Waals surface area contributed by atoms with Crippen molar-refractivity contribution < 1.29 is 27.9 Å². The first kappa shape index (κ1) is 27.9. The Labute approximate surface area is 228 Å². The van der Waals surface area contributed by atoms with Crippen LogP contribution in [0.15, 0.2) is 72.9 Å². The summed E-state index contributed by atoms with van der Waals surface area (Å²) in [6.45, 7) is 1.50. The first-order valence-corrected chi connectivity index (χ1v) is 12.7. The number of nitrogens with zero attached hydrogens (tertiary/aromatic N) is 2. The number of aromatic nitrogens is 1. The van der Waals surface area contributed by atoms with Gasteiger partial charge in [-0.05, 0) is 53.9 Å². The van der Waals surface area contributed by atoms with Gasteiger partial charge in [0, 0.05) is 22.2 Å². The van der Waals surface area contributed by atoms with Crippen LogP contribution in [0.25, 0.3) is 0 Å². The SMILES string of the molecule is CC1(CC(=O)O)C[C@H](c2cccc(Cl)c2)[C@@H](c2ccc(Cl)cc2)N(C(CC(F)(F)F)c2ccccn2)C1=O. The van der Waals surface area contributed by atoms with Crippen LogP contribution >= 0.6 is 23.2 Å². The van der Waals surface area contributed by atoms with Gasteiger partial charge in [0.25, 0.3) is 0 Å². The molecule has 1 fully saturated rings. The van der Waals surface area contributed by atoms with E-state index in [1.54, 1.807) is 60.7 Å². The van der Waals surface area contributed by atoms with Crippen molar-refractivity contribution in [2.24, 2.45) is 5.41 Å².